The van der Waals surface area contributed by atoms with Crippen molar-refractivity contribution in [3.05, 3.63) is 68.6 Å². The van der Waals surface area contributed by atoms with Crippen molar-refractivity contribution >= 4 is 45.0 Å². The number of nitrogens with zero attached hydrogens (tertiary/aromatic N) is 1. The molecule has 0 saturated carbocycles. The van der Waals surface area contributed by atoms with Gasteiger partial charge in [-0.1, -0.05) is 51.3 Å². The molecule has 1 aliphatic heterocycles. The van der Waals surface area contributed by atoms with E-state index in [-0.39, 0.29) is 0 Å². The number of rotatable bonds is 4. The van der Waals surface area contributed by atoms with Crippen LogP contribution in [-0.2, 0) is 4.79 Å². The molecule has 1 amide bonds. The van der Waals surface area contributed by atoms with E-state index >= 15 is 0 Å². The van der Waals surface area contributed by atoms with Crippen molar-refractivity contribution in [2.24, 2.45) is 0 Å². The maximum atomic E-state index is 12.7. The van der Waals surface area contributed by atoms with Crippen LogP contribution in [0.5, 0.6) is 5.88 Å². The summed E-state index contributed by atoms with van der Waals surface area (Å²) in [4.78, 5) is 17.6. The monoisotopic (exact) mass is 562 g/mol. The summed E-state index contributed by atoms with van der Waals surface area (Å²) >= 11 is 16.2. The van der Waals surface area contributed by atoms with Gasteiger partial charge in [0.05, 0.1) is 16.8 Å². The molecule has 3 aromatic rings. The van der Waals surface area contributed by atoms with Gasteiger partial charge in [-0.3, -0.25) is 4.79 Å². The highest BCUT2D eigenvalue weighted by molar-refractivity contribution is 9.10. The highest BCUT2D eigenvalue weighted by Crippen LogP contribution is 2.45. The number of amides is 1. The highest BCUT2D eigenvalue weighted by atomic mass is 79.9. The predicted octanol–water partition coefficient (Wildman–Crippen LogP) is 6.97. The molecule has 2 heterocycles. The van der Waals surface area contributed by atoms with Crippen LogP contribution in [0.3, 0.4) is 0 Å². The number of ether oxygens (including phenoxy) is 1. The normalized spacial score (nSPS) is 17.0. The Morgan fingerprint density at radius 2 is 1.82 bits per heavy atom. The van der Waals surface area contributed by atoms with Crippen LogP contribution in [0.15, 0.2) is 53.0 Å². The second-order valence-corrected chi connectivity index (χ2v) is 11.3. The summed E-state index contributed by atoms with van der Waals surface area (Å²) in [6.07, 6.45) is 0.518. The molecular weight excluding hydrogens is 539 g/mol. The van der Waals surface area contributed by atoms with E-state index in [0.717, 1.165) is 26.7 Å². The molecular formula is C26H25BrCl2N2O3. The summed E-state index contributed by atoms with van der Waals surface area (Å²) < 4.78 is 7.20. The number of carbonyl (C=O) groups is 1. The maximum Gasteiger partial charge on any atom is 0.251 e. The fraction of sp³-hybridized carbons (Fsp3) is 0.308. The summed E-state index contributed by atoms with van der Waals surface area (Å²) in [6.45, 7) is 6.81. The molecule has 1 unspecified atom stereocenters. The van der Waals surface area contributed by atoms with E-state index in [1.807, 2.05) is 50.2 Å². The van der Waals surface area contributed by atoms with Crippen LogP contribution in [0.1, 0.15) is 45.7 Å². The third kappa shape index (κ3) is 5.25. The molecule has 178 valence electrons. The number of hydrogen-bond donors (Lipinski definition) is 2. The number of halogens is 3. The molecule has 1 atom stereocenters. The Morgan fingerprint density at radius 3 is 2.44 bits per heavy atom. The minimum Gasteiger partial charge on any atom is -0.471 e. The Bertz CT molecular complexity index is 1250. The summed E-state index contributed by atoms with van der Waals surface area (Å²) in [7, 11) is 0. The van der Waals surface area contributed by atoms with Crippen LogP contribution in [0, 0.1) is 0 Å². The second kappa shape index (κ2) is 9.15. The number of aliphatic hydroxyl groups is 1. The number of hydrogen-bond acceptors (Lipinski definition) is 4. The number of benzene rings is 2. The van der Waals surface area contributed by atoms with Crippen molar-refractivity contribution in [3.63, 3.8) is 0 Å². The van der Waals surface area contributed by atoms with Crippen molar-refractivity contribution in [2.45, 2.75) is 51.4 Å². The Morgan fingerprint density at radius 1 is 1.15 bits per heavy atom. The SMILES string of the molecule is CC1(C)CC(NC(=O)C(C)(C)O)c2cc(-c3ccc(Br)cc3)c(-c3ccc(Cl)cc3Cl)nc2O1. The van der Waals surface area contributed by atoms with Gasteiger partial charge in [0.2, 0.25) is 5.88 Å². The van der Waals surface area contributed by atoms with Crippen LogP contribution in [0.25, 0.3) is 22.4 Å². The molecule has 0 saturated heterocycles. The summed E-state index contributed by atoms with van der Waals surface area (Å²) in [5.41, 5.74) is 1.77. The van der Waals surface area contributed by atoms with E-state index in [2.05, 4.69) is 21.2 Å². The fourth-order valence-corrected chi connectivity index (χ4v) is 4.71. The Hall–Kier alpha value is -2.12. The third-order valence-corrected chi connectivity index (χ3v) is 6.74. The third-order valence-electron chi connectivity index (χ3n) is 5.66. The van der Waals surface area contributed by atoms with Crippen LogP contribution in [0.2, 0.25) is 10.0 Å². The van der Waals surface area contributed by atoms with Crippen molar-refractivity contribution in [2.75, 3.05) is 0 Å². The largest absolute Gasteiger partial charge is 0.471 e. The lowest BCUT2D eigenvalue weighted by molar-refractivity contribution is -0.137. The van der Waals surface area contributed by atoms with Gasteiger partial charge >= 0.3 is 0 Å². The number of carbonyl (C=O) groups excluding carboxylic acids is 1. The summed E-state index contributed by atoms with van der Waals surface area (Å²) in [5.74, 6) is -0.0460. The standard InChI is InChI=1S/C26H25BrCl2N2O3/c1-25(2)13-21(30-24(32)26(3,4)33)19-12-18(14-5-7-15(27)8-6-14)22(31-23(19)34-25)17-10-9-16(28)11-20(17)29/h5-12,21,33H,13H2,1-4H3,(H,30,32). The van der Waals surface area contributed by atoms with Gasteiger partial charge in [0.15, 0.2) is 0 Å². The van der Waals surface area contributed by atoms with Gasteiger partial charge in [-0.15, -0.1) is 0 Å². The van der Waals surface area contributed by atoms with Gasteiger partial charge in [0.1, 0.15) is 11.2 Å². The molecule has 1 aromatic heterocycles. The first-order valence-electron chi connectivity index (χ1n) is 10.8. The molecule has 0 radical (unpaired) electrons. The first-order valence-corrected chi connectivity index (χ1v) is 12.4. The van der Waals surface area contributed by atoms with E-state index in [0.29, 0.717) is 28.0 Å². The Labute approximate surface area is 217 Å². The molecule has 5 nitrogen and oxygen atoms in total. The van der Waals surface area contributed by atoms with E-state index in [1.54, 1.807) is 12.1 Å². The zero-order valence-electron chi connectivity index (χ0n) is 19.2. The van der Waals surface area contributed by atoms with Gasteiger partial charge in [-0.2, -0.15) is 0 Å². The molecule has 34 heavy (non-hydrogen) atoms. The minimum atomic E-state index is -1.51. The lowest BCUT2D eigenvalue weighted by Crippen LogP contribution is -2.47. The molecule has 2 aromatic carbocycles. The maximum absolute atomic E-state index is 12.7. The highest BCUT2D eigenvalue weighted by Gasteiger charge is 2.38. The first kappa shape index (κ1) is 25.0. The number of pyridine rings is 1. The summed E-state index contributed by atoms with van der Waals surface area (Å²) in [5, 5.41) is 14.2. The zero-order valence-corrected chi connectivity index (χ0v) is 22.3. The van der Waals surface area contributed by atoms with Crippen LogP contribution in [-0.4, -0.2) is 27.2 Å². The van der Waals surface area contributed by atoms with E-state index in [4.69, 9.17) is 32.9 Å². The average molecular weight is 564 g/mol. The Kier molecular flexibility index (Phi) is 6.73. The number of fused-ring (bicyclic) bond motifs is 1. The number of nitrogens with one attached hydrogen (secondary N) is 1. The summed E-state index contributed by atoms with van der Waals surface area (Å²) in [6, 6.07) is 14.8. The van der Waals surface area contributed by atoms with Crippen molar-refractivity contribution in [1.29, 1.82) is 0 Å². The van der Waals surface area contributed by atoms with Gasteiger partial charge in [-0.05, 0) is 69.7 Å². The second-order valence-electron chi connectivity index (χ2n) is 9.56. The van der Waals surface area contributed by atoms with Crippen molar-refractivity contribution < 1.29 is 14.6 Å². The van der Waals surface area contributed by atoms with Crippen LogP contribution in [0.4, 0.5) is 0 Å². The average Bonchev–Trinajstić information content (AvgIpc) is 2.72. The zero-order chi connectivity index (χ0) is 24.8. The molecule has 4 rings (SSSR count). The lowest BCUT2D eigenvalue weighted by Gasteiger charge is -2.38. The molecule has 0 bridgehead atoms. The number of aromatic nitrogens is 1. The molecule has 0 fully saturated rings. The van der Waals surface area contributed by atoms with Gasteiger partial charge in [0.25, 0.3) is 5.91 Å². The van der Waals surface area contributed by atoms with E-state index < -0.39 is 23.2 Å². The van der Waals surface area contributed by atoms with Crippen molar-refractivity contribution in [1.82, 2.24) is 10.3 Å². The molecule has 8 heteroatoms. The molecule has 0 aliphatic carbocycles. The van der Waals surface area contributed by atoms with Crippen LogP contribution < -0.4 is 10.1 Å². The quantitative estimate of drug-likeness (QED) is 0.359. The molecule has 2 N–H and O–H groups in total. The van der Waals surface area contributed by atoms with Gasteiger partial charge < -0.3 is 15.2 Å². The minimum absolute atomic E-state index is 0.394. The van der Waals surface area contributed by atoms with Gasteiger partial charge in [-0.25, -0.2) is 4.98 Å². The van der Waals surface area contributed by atoms with E-state index in [1.165, 1.54) is 13.8 Å². The van der Waals surface area contributed by atoms with Crippen molar-refractivity contribution in [3.8, 4) is 28.3 Å². The van der Waals surface area contributed by atoms with Crippen LogP contribution >= 0.6 is 39.1 Å². The molecule has 1 aliphatic rings. The lowest BCUT2D eigenvalue weighted by atomic mass is 9.88. The Balaban J connectivity index is 1.93. The van der Waals surface area contributed by atoms with E-state index in [9.17, 15) is 9.90 Å². The first-order chi connectivity index (χ1) is 15.8. The smallest absolute Gasteiger partial charge is 0.251 e. The predicted molar refractivity (Wildman–Crippen MR) is 139 cm³/mol. The van der Waals surface area contributed by atoms with Gasteiger partial charge in [0, 0.05) is 32.6 Å². The topological polar surface area (TPSA) is 71.5 Å². The fourth-order valence-electron chi connectivity index (χ4n) is 3.95. The molecule has 0 spiro atoms.